The van der Waals surface area contributed by atoms with Gasteiger partial charge in [0.2, 0.25) is 5.88 Å². The van der Waals surface area contributed by atoms with E-state index in [0.29, 0.717) is 17.8 Å². The van der Waals surface area contributed by atoms with Crippen molar-refractivity contribution in [1.82, 2.24) is 9.97 Å². The van der Waals surface area contributed by atoms with Gasteiger partial charge in [0.15, 0.2) is 0 Å². The van der Waals surface area contributed by atoms with Gasteiger partial charge < -0.3 is 4.74 Å². The summed E-state index contributed by atoms with van der Waals surface area (Å²) in [7, 11) is 0. The van der Waals surface area contributed by atoms with Crippen molar-refractivity contribution in [2.24, 2.45) is 0 Å². The highest BCUT2D eigenvalue weighted by Gasteiger charge is 2.23. The number of aromatic nitrogens is 2. The molecular formula is C11H16N2OS. The van der Waals surface area contributed by atoms with Crippen LogP contribution in [-0.4, -0.2) is 15.9 Å². The predicted octanol–water partition coefficient (Wildman–Crippen LogP) is 3.17. The summed E-state index contributed by atoms with van der Waals surface area (Å²) in [4.78, 5) is 10.2. The number of rotatable bonds is 2. The maximum absolute atomic E-state index is 5.49. The van der Waals surface area contributed by atoms with Gasteiger partial charge in [0, 0.05) is 5.92 Å². The molecule has 82 valence electrons. The molecule has 1 aromatic heterocycles. The van der Waals surface area contributed by atoms with Crippen LogP contribution < -0.4 is 4.74 Å². The second-order valence-corrected chi connectivity index (χ2v) is 5.25. The Balaban J connectivity index is 2.52. The summed E-state index contributed by atoms with van der Waals surface area (Å²) < 4.78 is 5.49. The topological polar surface area (TPSA) is 35.0 Å². The molecule has 1 aromatic rings. The van der Waals surface area contributed by atoms with E-state index in [4.69, 9.17) is 4.74 Å². The van der Waals surface area contributed by atoms with Gasteiger partial charge in [-0.2, -0.15) is 4.98 Å². The van der Waals surface area contributed by atoms with Crippen molar-refractivity contribution in [2.75, 3.05) is 5.94 Å². The number of hydrogen-bond donors (Lipinski definition) is 0. The maximum atomic E-state index is 5.49. The summed E-state index contributed by atoms with van der Waals surface area (Å²) in [5, 5.41) is 0. The first-order valence-corrected chi connectivity index (χ1v) is 6.25. The molecular weight excluding hydrogens is 208 g/mol. The lowest BCUT2D eigenvalue weighted by Gasteiger charge is -2.12. The van der Waals surface area contributed by atoms with Crippen LogP contribution in [0.2, 0.25) is 0 Å². The van der Waals surface area contributed by atoms with Crippen LogP contribution in [-0.2, 0) is 0 Å². The van der Waals surface area contributed by atoms with E-state index in [2.05, 4.69) is 37.7 Å². The number of fused-ring (bicyclic) bond motifs is 1. The van der Waals surface area contributed by atoms with Gasteiger partial charge in [0.05, 0.1) is 10.6 Å². The summed E-state index contributed by atoms with van der Waals surface area (Å²) in [6.45, 7) is 8.53. The SMILES string of the molecule is CC(C)c1nc2c(c(C(C)C)n1)SCO2. The molecule has 0 fully saturated rings. The van der Waals surface area contributed by atoms with Gasteiger partial charge in [-0.3, -0.25) is 0 Å². The molecule has 0 N–H and O–H groups in total. The average molecular weight is 224 g/mol. The van der Waals surface area contributed by atoms with Crippen molar-refractivity contribution >= 4 is 11.8 Å². The number of thioether (sulfide) groups is 1. The van der Waals surface area contributed by atoms with Gasteiger partial charge in [0.25, 0.3) is 0 Å². The second kappa shape index (κ2) is 4.00. The third kappa shape index (κ3) is 1.95. The van der Waals surface area contributed by atoms with Crippen molar-refractivity contribution < 1.29 is 4.74 Å². The van der Waals surface area contributed by atoms with Crippen LogP contribution in [0.5, 0.6) is 5.88 Å². The Kier molecular flexibility index (Phi) is 2.87. The molecule has 0 bridgehead atoms. The van der Waals surface area contributed by atoms with Gasteiger partial charge in [-0.15, -0.1) is 0 Å². The molecule has 1 aliphatic heterocycles. The minimum Gasteiger partial charge on any atom is -0.465 e. The Morgan fingerprint density at radius 2 is 1.87 bits per heavy atom. The van der Waals surface area contributed by atoms with Gasteiger partial charge in [-0.25, -0.2) is 4.98 Å². The molecule has 2 rings (SSSR count). The van der Waals surface area contributed by atoms with Gasteiger partial charge in [0.1, 0.15) is 11.8 Å². The lowest BCUT2D eigenvalue weighted by molar-refractivity contribution is 0.375. The third-order valence-corrected chi connectivity index (χ3v) is 3.25. The van der Waals surface area contributed by atoms with E-state index < -0.39 is 0 Å². The molecule has 0 unspecified atom stereocenters. The zero-order valence-electron chi connectivity index (χ0n) is 9.57. The first-order chi connectivity index (χ1) is 7.09. The molecule has 15 heavy (non-hydrogen) atoms. The normalized spacial score (nSPS) is 14.5. The van der Waals surface area contributed by atoms with E-state index in [0.717, 1.165) is 22.3 Å². The van der Waals surface area contributed by atoms with Crippen LogP contribution in [0.3, 0.4) is 0 Å². The van der Waals surface area contributed by atoms with Crippen molar-refractivity contribution in [3.05, 3.63) is 11.5 Å². The third-order valence-electron chi connectivity index (χ3n) is 2.34. The highest BCUT2D eigenvalue weighted by Crippen LogP contribution is 2.39. The molecule has 0 amide bonds. The fourth-order valence-corrected chi connectivity index (χ4v) is 2.44. The lowest BCUT2D eigenvalue weighted by Crippen LogP contribution is -2.04. The van der Waals surface area contributed by atoms with Crippen molar-refractivity contribution in [3.63, 3.8) is 0 Å². The van der Waals surface area contributed by atoms with Crippen molar-refractivity contribution in [3.8, 4) is 5.88 Å². The van der Waals surface area contributed by atoms with E-state index in [9.17, 15) is 0 Å². The van der Waals surface area contributed by atoms with Gasteiger partial charge >= 0.3 is 0 Å². The van der Waals surface area contributed by atoms with E-state index in [1.807, 2.05) is 0 Å². The molecule has 0 saturated carbocycles. The zero-order chi connectivity index (χ0) is 11.0. The monoisotopic (exact) mass is 224 g/mol. The van der Waals surface area contributed by atoms with Crippen LogP contribution >= 0.6 is 11.8 Å². The second-order valence-electron chi connectivity index (χ2n) is 4.32. The lowest BCUT2D eigenvalue weighted by atomic mass is 10.1. The van der Waals surface area contributed by atoms with Gasteiger partial charge in [-0.05, 0) is 5.92 Å². The zero-order valence-corrected chi connectivity index (χ0v) is 10.4. The van der Waals surface area contributed by atoms with E-state index in [1.54, 1.807) is 11.8 Å². The minimum absolute atomic E-state index is 0.349. The van der Waals surface area contributed by atoms with Crippen LogP contribution in [0, 0.1) is 0 Å². The fourth-order valence-electron chi connectivity index (χ4n) is 1.49. The highest BCUT2D eigenvalue weighted by molar-refractivity contribution is 7.99. The maximum Gasteiger partial charge on any atom is 0.232 e. The summed E-state index contributed by atoms with van der Waals surface area (Å²) in [6, 6.07) is 0. The van der Waals surface area contributed by atoms with E-state index in [-0.39, 0.29) is 0 Å². The first kappa shape index (κ1) is 10.7. The quantitative estimate of drug-likeness (QED) is 0.773. The van der Waals surface area contributed by atoms with E-state index >= 15 is 0 Å². The number of ether oxygens (including phenoxy) is 1. The molecule has 1 aliphatic rings. The molecule has 2 heterocycles. The molecule has 4 heteroatoms. The molecule has 3 nitrogen and oxygen atoms in total. The van der Waals surface area contributed by atoms with Crippen molar-refractivity contribution in [2.45, 2.75) is 44.4 Å². The van der Waals surface area contributed by atoms with Crippen molar-refractivity contribution in [1.29, 1.82) is 0 Å². The van der Waals surface area contributed by atoms with Crippen LogP contribution in [0.15, 0.2) is 4.90 Å². The Morgan fingerprint density at radius 3 is 2.47 bits per heavy atom. The van der Waals surface area contributed by atoms with Crippen LogP contribution in [0.25, 0.3) is 0 Å². The Labute approximate surface area is 94.7 Å². The Bertz CT molecular complexity index is 377. The molecule has 0 atom stereocenters. The molecule has 0 spiro atoms. The van der Waals surface area contributed by atoms with E-state index in [1.165, 1.54) is 0 Å². The Hall–Kier alpha value is -0.770. The molecule has 0 radical (unpaired) electrons. The predicted molar refractivity (Wildman–Crippen MR) is 61.6 cm³/mol. The summed E-state index contributed by atoms with van der Waals surface area (Å²) >= 11 is 1.70. The van der Waals surface area contributed by atoms with Crippen LogP contribution in [0.1, 0.15) is 51.0 Å². The van der Waals surface area contributed by atoms with Crippen LogP contribution in [0.4, 0.5) is 0 Å². The molecule has 0 aromatic carbocycles. The number of hydrogen-bond acceptors (Lipinski definition) is 4. The first-order valence-electron chi connectivity index (χ1n) is 5.27. The minimum atomic E-state index is 0.349. The highest BCUT2D eigenvalue weighted by atomic mass is 32.2. The summed E-state index contributed by atoms with van der Waals surface area (Å²) in [6.07, 6.45) is 0. The summed E-state index contributed by atoms with van der Waals surface area (Å²) in [5.41, 5.74) is 1.13. The largest absolute Gasteiger partial charge is 0.465 e. The Morgan fingerprint density at radius 1 is 1.13 bits per heavy atom. The smallest absolute Gasteiger partial charge is 0.232 e. The fraction of sp³-hybridized carbons (Fsp3) is 0.636. The number of nitrogens with zero attached hydrogens (tertiary/aromatic N) is 2. The standard InChI is InChI=1S/C11H16N2OS/c1-6(2)8-9-11(14-5-15-9)13-10(12-8)7(3)4/h6-7H,5H2,1-4H3. The average Bonchev–Trinajstić information content (AvgIpc) is 2.62. The van der Waals surface area contributed by atoms with Gasteiger partial charge in [-0.1, -0.05) is 39.5 Å². The molecule has 0 saturated heterocycles. The summed E-state index contributed by atoms with van der Waals surface area (Å²) in [5.74, 6) is 3.11. The molecule has 0 aliphatic carbocycles.